The molecule has 0 unspecified atom stereocenters. The molecule has 0 atom stereocenters. The van der Waals surface area contributed by atoms with Gasteiger partial charge in [0.15, 0.2) is 0 Å². The Morgan fingerprint density at radius 3 is 2.80 bits per heavy atom. The zero-order valence-electron chi connectivity index (χ0n) is 10.8. The van der Waals surface area contributed by atoms with E-state index < -0.39 is 5.97 Å². The summed E-state index contributed by atoms with van der Waals surface area (Å²) in [5, 5.41) is 14.0. The molecular weight excluding hydrogens is 294 g/mol. The quantitative estimate of drug-likeness (QED) is 0.897. The fraction of sp³-hybridized carbons (Fsp3) is 0.267. The van der Waals surface area contributed by atoms with Gasteiger partial charge in [-0.2, -0.15) is 11.3 Å². The van der Waals surface area contributed by atoms with Crippen molar-refractivity contribution in [2.45, 2.75) is 25.4 Å². The molecule has 1 aromatic heterocycles. The highest BCUT2D eigenvalue weighted by molar-refractivity contribution is 7.07. The van der Waals surface area contributed by atoms with Crippen LogP contribution in [0, 0.1) is 0 Å². The van der Waals surface area contributed by atoms with Gasteiger partial charge in [0.1, 0.15) is 0 Å². The van der Waals surface area contributed by atoms with E-state index in [0.717, 1.165) is 12.8 Å². The van der Waals surface area contributed by atoms with Crippen molar-refractivity contribution < 1.29 is 9.90 Å². The Kier molecular flexibility index (Phi) is 3.68. The van der Waals surface area contributed by atoms with Crippen LogP contribution < -0.4 is 4.90 Å². The van der Waals surface area contributed by atoms with E-state index in [4.69, 9.17) is 11.6 Å². The molecule has 1 aliphatic carbocycles. The van der Waals surface area contributed by atoms with Crippen molar-refractivity contribution in [3.8, 4) is 0 Å². The summed E-state index contributed by atoms with van der Waals surface area (Å²) in [5.74, 6) is -0.932. The number of benzene rings is 1. The fourth-order valence-corrected chi connectivity index (χ4v) is 3.28. The molecule has 1 N–H and O–H groups in total. The maximum absolute atomic E-state index is 11.4. The predicted octanol–water partition coefficient (Wildman–Crippen LogP) is 4.27. The lowest BCUT2D eigenvalue weighted by Gasteiger charge is -2.27. The molecule has 20 heavy (non-hydrogen) atoms. The number of hydrogen-bond acceptors (Lipinski definition) is 3. The third kappa shape index (κ3) is 2.67. The second-order valence-corrected chi connectivity index (χ2v) is 6.12. The number of anilines is 1. The molecule has 2 aromatic rings. The Labute approximate surface area is 126 Å². The standard InChI is InChI=1S/C15H14ClNO2S/c16-13-3-1-2-12(15(18)19)14(13)17(11-4-5-11)8-10-6-7-20-9-10/h1-3,6-7,9,11H,4-5,8H2,(H,18,19). The summed E-state index contributed by atoms with van der Waals surface area (Å²) in [4.78, 5) is 13.6. The molecule has 0 saturated heterocycles. The van der Waals surface area contributed by atoms with Crippen LogP contribution in [-0.4, -0.2) is 17.1 Å². The number of rotatable bonds is 5. The lowest BCUT2D eigenvalue weighted by molar-refractivity contribution is 0.0697. The van der Waals surface area contributed by atoms with Crippen molar-refractivity contribution in [3.05, 3.63) is 51.2 Å². The molecule has 3 rings (SSSR count). The van der Waals surface area contributed by atoms with Crippen LogP contribution in [0.5, 0.6) is 0 Å². The monoisotopic (exact) mass is 307 g/mol. The summed E-state index contributed by atoms with van der Waals surface area (Å²) in [6.07, 6.45) is 2.18. The van der Waals surface area contributed by atoms with Gasteiger partial charge < -0.3 is 10.0 Å². The van der Waals surface area contributed by atoms with Crippen LogP contribution in [0.3, 0.4) is 0 Å². The van der Waals surface area contributed by atoms with Gasteiger partial charge in [0.2, 0.25) is 0 Å². The Hall–Kier alpha value is -1.52. The fourth-order valence-electron chi connectivity index (χ4n) is 2.34. The number of carbonyl (C=O) groups is 1. The summed E-state index contributed by atoms with van der Waals surface area (Å²) < 4.78 is 0. The second-order valence-electron chi connectivity index (χ2n) is 4.93. The first-order chi connectivity index (χ1) is 9.66. The van der Waals surface area contributed by atoms with Crippen molar-refractivity contribution in [2.75, 3.05) is 4.90 Å². The van der Waals surface area contributed by atoms with Crippen LogP contribution >= 0.6 is 22.9 Å². The first kappa shape index (κ1) is 13.5. The molecule has 0 radical (unpaired) electrons. The highest BCUT2D eigenvalue weighted by Crippen LogP contribution is 2.39. The molecular formula is C15H14ClNO2S. The first-order valence-corrected chi connectivity index (χ1v) is 7.78. The third-order valence-electron chi connectivity index (χ3n) is 3.43. The SMILES string of the molecule is O=C(O)c1cccc(Cl)c1N(Cc1ccsc1)C1CC1. The van der Waals surface area contributed by atoms with Crippen LogP contribution in [-0.2, 0) is 6.54 Å². The summed E-state index contributed by atoms with van der Waals surface area (Å²) in [5.41, 5.74) is 2.12. The Morgan fingerprint density at radius 2 is 2.20 bits per heavy atom. The zero-order valence-corrected chi connectivity index (χ0v) is 12.3. The van der Waals surface area contributed by atoms with Crippen molar-refractivity contribution in [3.63, 3.8) is 0 Å². The molecule has 1 fully saturated rings. The van der Waals surface area contributed by atoms with Crippen molar-refractivity contribution in [1.82, 2.24) is 0 Å². The lowest BCUT2D eigenvalue weighted by atomic mass is 10.1. The molecule has 0 aliphatic heterocycles. The van der Waals surface area contributed by atoms with Gasteiger partial charge in [-0.1, -0.05) is 17.7 Å². The van der Waals surface area contributed by atoms with E-state index in [9.17, 15) is 9.90 Å². The number of thiophene rings is 1. The Morgan fingerprint density at radius 1 is 1.40 bits per heavy atom. The number of nitrogens with zero attached hydrogens (tertiary/aromatic N) is 1. The van der Waals surface area contributed by atoms with E-state index in [2.05, 4.69) is 16.3 Å². The summed E-state index contributed by atoms with van der Waals surface area (Å²) in [6, 6.07) is 7.52. The minimum absolute atomic E-state index is 0.277. The highest BCUT2D eigenvalue weighted by Gasteiger charge is 2.32. The van der Waals surface area contributed by atoms with Gasteiger partial charge in [0.25, 0.3) is 0 Å². The van der Waals surface area contributed by atoms with Crippen molar-refractivity contribution in [1.29, 1.82) is 0 Å². The highest BCUT2D eigenvalue weighted by atomic mass is 35.5. The van der Waals surface area contributed by atoms with Gasteiger partial charge in [-0.25, -0.2) is 4.79 Å². The zero-order chi connectivity index (χ0) is 14.1. The van der Waals surface area contributed by atoms with E-state index in [-0.39, 0.29) is 5.56 Å². The number of hydrogen-bond donors (Lipinski definition) is 1. The number of para-hydroxylation sites is 1. The number of carboxylic acids is 1. The van der Waals surface area contributed by atoms with Gasteiger partial charge in [-0.05, 0) is 47.4 Å². The minimum atomic E-state index is -0.932. The third-order valence-corrected chi connectivity index (χ3v) is 4.46. The van der Waals surface area contributed by atoms with E-state index in [1.54, 1.807) is 29.5 Å². The normalized spacial score (nSPS) is 14.2. The van der Waals surface area contributed by atoms with E-state index in [0.29, 0.717) is 23.3 Å². The van der Waals surface area contributed by atoms with Gasteiger partial charge in [-0.15, -0.1) is 0 Å². The number of aromatic carboxylic acids is 1. The van der Waals surface area contributed by atoms with Crippen LogP contribution in [0.25, 0.3) is 0 Å². The molecule has 1 saturated carbocycles. The second kappa shape index (κ2) is 5.46. The number of carboxylic acid groups (broad SMARTS) is 1. The molecule has 0 bridgehead atoms. The summed E-state index contributed by atoms with van der Waals surface area (Å²) in [7, 11) is 0. The van der Waals surface area contributed by atoms with Crippen LogP contribution in [0.2, 0.25) is 5.02 Å². The molecule has 1 aliphatic rings. The molecule has 1 heterocycles. The molecule has 0 amide bonds. The molecule has 5 heteroatoms. The van der Waals surface area contributed by atoms with Crippen molar-refractivity contribution in [2.24, 2.45) is 0 Å². The average Bonchev–Trinajstić information content (AvgIpc) is 3.13. The smallest absolute Gasteiger partial charge is 0.337 e. The summed E-state index contributed by atoms with van der Waals surface area (Å²) in [6.45, 7) is 0.707. The largest absolute Gasteiger partial charge is 0.478 e. The summed E-state index contributed by atoms with van der Waals surface area (Å²) >= 11 is 7.93. The van der Waals surface area contributed by atoms with E-state index in [1.807, 2.05) is 5.38 Å². The lowest BCUT2D eigenvalue weighted by Crippen LogP contribution is -2.27. The van der Waals surface area contributed by atoms with Gasteiger partial charge >= 0.3 is 5.97 Å². The van der Waals surface area contributed by atoms with E-state index in [1.165, 1.54) is 5.56 Å². The Balaban J connectivity index is 2.01. The van der Waals surface area contributed by atoms with E-state index >= 15 is 0 Å². The van der Waals surface area contributed by atoms with Crippen molar-refractivity contribution >= 4 is 34.6 Å². The molecule has 1 aromatic carbocycles. The minimum Gasteiger partial charge on any atom is -0.478 e. The van der Waals surface area contributed by atoms with Gasteiger partial charge in [0, 0.05) is 12.6 Å². The topological polar surface area (TPSA) is 40.5 Å². The van der Waals surface area contributed by atoms with Gasteiger partial charge in [-0.3, -0.25) is 0 Å². The Bertz CT molecular complexity index is 623. The van der Waals surface area contributed by atoms with Crippen LogP contribution in [0.4, 0.5) is 5.69 Å². The first-order valence-electron chi connectivity index (χ1n) is 6.46. The predicted molar refractivity (Wildman–Crippen MR) is 81.9 cm³/mol. The maximum atomic E-state index is 11.4. The van der Waals surface area contributed by atoms with Gasteiger partial charge in [0.05, 0.1) is 16.3 Å². The number of halogens is 1. The molecule has 104 valence electrons. The van der Waals surface area contributed by atoms with Crippen LogP contribution in [0.15, 0.2) is 35.0 Å². The maximum Gasteiger partial charge on any atom is 0.337 e. The molecule has 3 nitrogen and oxygen atoms in total. The molecule has 0 spiro atoms. The average molecular weight is 308 g/mol. The van der Waals surface area contributed by atoms with Crippen LogP contribution in [0.1, 0.15) is 28.8 Å².